The van der Waals surface area contributed by atoms with Crippen LogP contribution in [-0.2, 0) is 18.9 Å². The molecule has 0 saturated carbocycles. The van der Waals surface area contributed by atoms with Crippen molar-refractivity contribution in [1.82, 2.24) is 0 Å². The van der Waals surface area contributed by atoms with Crippen molar-refractivity contribution in [1.29, 1.82) is 0 Å². The van der Waals surface area contributed by atoms with Crippen molar-refractivity contribution in [2.45, 2.75) is 53.4 Å². The fourth-order valence-electron chi connectivity index (χ4n) is 4.72. The summed E-state index contributed by atoms with van der Waals surface area (Å²) in [6, 6.07) is 13.9. The standard InChI is InChI=1S/C25H30N/c1-16-9-8-10-19-21(16)23-22-18(11-12-26(23)7)13-17(15-24(2,3)4)14-20(22)25(19,5)6/h8-14H,15H2,1-7H3/q+1. The summed E-state index contributed by atoms with van der Waals surface area (Å²) in [6.07, 6.45) is 3.32. The summed E-state index contributed by atoms with van der Waals surface area (Å²) in [5.41, 5.74) is 8.81. The summed E-state index contributed by atoms with van der Waals surface area (Å²) in [5.74, 6) is 0. The zero-order chi connectivity index (χ0) is 18.9. The molecule has 0 radical (unpaired) electrons. The Morgan fingerprint density at radius 3 is 2.42 bits per heavy atom. The second-order valence-electron chi connectivity index (χ2n) is 9.74. The Bertz CT molecular complexity index is 1030. The van der Waals surface area contributed by atoms with Gasteiger partial charge in [-0.2, -0.15) is 0 Å². The van der Waals surface area contributed by atoms with Crippen molar-refractivity contribution in [2.75, 3.05) is 0 Å². The van der Waals surface area contributed by atoms with Gasteiger partial charge in [0.15, 0.2) is 6.20 Å². The van der Waals surface area contributed by atoms with E-state index in [-0.39, 0.29) is 10.8 Å². The predicted octanol–water partition coefficient (Wildman–Crippen LogP) is 5.87. The van der Waals surface area contributed by atoms with Gasteiger partial charge in [-0.1, -0.05) is 65.0 Å². The zero-order valence-corrected chi connectivity index (χ0v) is 17.2. The smallest absolute Gasteiger partial charge is 0.200 e. The fraction of sp³-hybridized carbons (Fsp3) is 0.400. The lowest BCUT2D eigenvalue weighted by atomic mass is 9.68. The highest BCUT2D eigenvalue weighted by Crippen LogP contribution is 2.48. The number of benzene rings is 2. The fourth-order valence-corrected chi connectivity index (χ4v) is 4.72. The van der Waals surface area contributed by atoms with Crippen molar-refractivity contribution in [3.8, 4) is 11.3 Å². The Hall–Kier alpha value is -2.15. The maximum absolute atomic E-state index is 2.47. The molecule has 0 atom stereocenters. The van der Waals surface area contributed by atoms with E-state index in [4.69, 9.17) is 0 Å². The number of fused-ring (bicyclic) bond motifs is 2. The van der Waals surface area contributed by atoms with Crippen LogP contribution in [0.2, 0.25) is 0 Å². The SMILES string of the molecule is Cc1cccc2c1-c1c3c(cc(CC(C)(C)C)cc3cc[n+]1C)C2(C)C. The van der Waals surface area contributed by atoms with Crippen molar-refractivity contribution in [3.63, 3.8) is 0 Å². The first-order valence-corrected chi connectivity index (χ1v) is 9.66. The van der Waals surface area contributed by atoms with E-state index in [9.17, 15) is 0 Å². The lowest BCUT2D eigenvalue weighted by molar-refractivity contribution is -0.659. The number of aryl methyl sites for hydroxylation is 2. The van der Waals surface area contributed by atoms with E-state index in [2.05, 4.69) is 95.8 Å². The van der Waals surface area contributed by atoms with Crippen LogP contribution in [0.25, 0.3) is 22.0 Å². The average molecular weight is 345 g/mol. The van der Waals surface area contributed by atoms with Gasteiger partial charge in [-0.05, 0) is 46.4 Å². The first-order chi connectivity index (χ1) is 12.1. The molecule has 0 unspecified atom stereocenters. The topological polar surface area (TPSA) is 3.88 Å². The monoisotopic (exact) mass is 344 g/mol. The molecule has 0 bridgehead atoms. The first kappa shape index (κ1) is 17.3. The van der Waals surface area contributed by atoms with Gasteiger partial charge in [-0.3, -0.25) is 0 Å². The zero-order valence-electron chi connectivity index (χ0n) is 17.2. The minimum Gasteiger partial charge on any atom is -0.200 e. The van der Waals surface area contributed by atoms with Gasteiger partial charge < -0.3 is 0 Å². The van der Waals surface area contributed by atoms with Gasteiger partial charge in [-0.15, -0.1) is 0 Å². The number of hydrogen-bond donors (Lipinski definition) is 0. The molecular weight excluding hydrogens is 314 g/mol. The Kier molecular flexibility index (Phi) is 3.60. The van der Waals surface area contributed by atoms with E-state index in [1.807, 2.05) is 0 Å². The Morgan fingerprint density at radius 1 is 1.00 bits per heavy atom. The molecule has 1 heteroatoms. The van der Waals surface area contributed by atoms with Crippen molar-refractivity contribution in [3.05, 3.63) is 64.8 Å². The second-order valence-corrected chi connectivity index (χ2v) is 9.74. The maximum atomic E-state index is 2.47. The van der Waals surface area contributed by atoms with Crippen LogP contribution in [-0.4, -0.2) is 0 Å². The summed E-state index contributed by atoms with van der Waals surface area (Å²) < 4.78 is 2.30. The first-order valence-electron chi connectivity index (χ1n) is 9.66. The molecule has 4 rings (SSSR count). The molecular formula is C25H30N+. The van der Waals surface area contributed by atoms with Crippen LogP contribution in [0.5, 0.6) is 0 Å². The van der Waals surface area contributed by atoms with Crippen molar-refractivity contribution >= 4 is 10.8 Å². The van der Waals surface area contributed by atoms with Gasteiger partial charge in [-0.25, -0.2) is 4.57 Å². The van der Waals surface area contributed by atoms with Crippen LogP contribution in [0.15, 0.2) is 42.6 Å². The summed E-state index contributed by atoms with van der Waals surface area (Å²) in [4.78, 5) is 0. The summed E-state index contributed by atoms with van der Waals surface area (Å²) >= 11 is 0. The largest absolute Gasteiger partial charge is 0.221 e. The molecule has 0 aliphatic heterocycles. The van der Waals surface area contributed by atoms with Crippen molar-refractivity contribution in [2.24, 2.45) is 12.5 Å². The molecule has 1 heterocycles. The van der Waals surface area contributed by atoms with Crippen LogP contribution >= 0.6 is 0 Å². The molecule has 1 aliphatic carbocycles. The quantitative estimate of drug-likeness (QED) is 0.486. The predicted molar refractivity (Wildman–Crippen MR) is 111 cm³/mol. The number of hydrogen-bond acceptors (Lipinski definition) is 0. The molecule has 1 nitrogen and oxygen atoms in total. The highest BCUT2D eigenvalue weighted by atomic mass is 14.9. The third-order valence-electron chi connectivity index (χ3n) is 5.89. The minimum atomic E-state index is 0.00878. The summed E-state index contributed by atoms with van der Waals surface area (Å²) in [5, 5.41) is 2.80. The maximum Gasteiger partial charge on any atom is 0.221 e. The molecule has 1 aliphatic rings. The van der Waals surface area contributed by atoms with Gasteiger partial charge in [0.25, 0.3) is 0 Å². The van der Waals surface area contributed by atoms with Crippen LogP contribution in [0, 0.1) is 12.3 Å². The minimum absolute atomic E-state index is 0.00878. The molecule has 0 N–H and O–H groups in total. The molecule has 0 saturated heterocycles. The molecule has 2 aromatic carbocycles. The molecule has 0 spiro atoms. The van der Waals surface area contributed by atoms with E-state index in [1.165, 1.54) is 44.3 Å². The number of rotatable bonds is 1. The van der Waals surface area contributed by atoms with Crippen LogP contribution < -0.4 is 4.57 Å². The highest BCUT2D eigenvalue weighted by Gasteiger charge is 2.38. The van der Waals surface area contributed by atoms with Crippen LogP contribution in [0.4, 0.5) is 0 Å². The second kappa shape index (κ2) is 5.42. The lowest BCUT2D eigenvalue weighted by Gasteiger charge is -2.35. The van der Waals surface area contributed by atoms with Gasteiger partial charge >= 0.3 is 0 Å². The van der Waals surface area contributed by atoms with E-state index in [0.717, 1.165) is 6.42 Å². The van der Waals surface area contributed by atoms with E-state index < -0.39 is 0 Å². The lowest BCUT2D eigenvalue weighted by Crippen LogP contribution is -2.36. The van der Waals surface area contributed by atoms with Gasteiger partial charge in [0.2, 0.25) is 5.69 Å². The van der Waals surface area contributed by atoms with Gasteiger partial charge in [0.1, 0.15) is 7.05 Å². The average Bonchev–Trinajstić information content (AvgIpc) is 2.52. The molecule has 1 aromatic heterocycles. The Morgan fingerprint density at radius 2 is 1.73 bits per heavy atom. The summed E-state index contributed by atoms with van der Waals surface area (Å²) in [7, 11) is 2.18. The number of pyridine rings is 1. The number of aromatic nitrogens is 1. The molecule has 0 amide bonds. The van der Waals surface area contributed by atoms with E-state index in [0.29, 0.717) is 0 Å². The van der Waals surface area contributed by atoms with Crippen LogP contribution in [0.1, 0.15) is 56.9 Å². The van der Waals surface area contributed by atoms with E-state index >= 15 is 0 Å². The summed E-state index contributed by atoms with van der Waals surface area (Å²) in [6.45, 7) is 14.0. The molecule has 0 fully saturated rings. The van der Waals surface area contributed by atoms with Crippen molar-refractivity contribution < 1.29 is 4.57 Å². The number of nitrogens with zero attached hydrogens (tertiary/aromatic N) is 1. The van der Waals surface area contributed by atoms with Gasteiger partial charge in [0.05, 0.1) is 10.9 Å². The third kappa shape index (κ3) is 2.48. The van der Waals surface area contributed by atoms with Crippen LogP contribution in [0.3, 0.4) is 0 Å². The van der Waals surface area contributed by atoms with E-state index in [1.54, 1.807) is 0 Å². The van der Waals surface area contributed by atoms with Gasteiger partial charge in [0, 0.05) is 11.5 Å². The molecule has 26 heavy (non-hydrogen) atoms. The Balaban J connectivity index is 2.14. The molecule has 3 aromatic rings. The normalized spacial score (nSPS) is 15.2. The molecule has 134 valence electrons. The third-order valence-corrected chi connectivity index (χ3v) is 5.89. The highest BCUT2D eigenvalue weighted by molar-refractivity contribution is 6.01. The Labute approximate surface area is 157 Å².